The molecule has 0 saturated carbocycles. The number of likely N-dealkylation sites (N-methyl/N-ethyl adjacent to an activating group) is 1. The number of rotatable bonds is 2. The van der Waals surface area contributed by atoms with Gasteiger partial charge in [0.15, 0.2) is 17.3 Å². The highest BCUT2D eigenvalue weighted by Gasteiger charge is 2.53. The number of nitrogens with zero attached hydrogens (tertiary/aromatic N) is 1. The number of fused-ring (bicyclic) bond motifs is 2. The molecule has 4 rings (SSSR count). The lowest BCUT2D eigenvalue weighted by Gasteiger charge is -2.46. The molecule has 4 nitrogen and oxygen atoms in total. The van der Waals surface area contributed by atoms with Crippen LogP contribution in [0.3, 0.4) is 0 Å². The zero-order valence-electron chi connectivity index (χ0n) is 14.0. The maximum absolute atomic E-state index is 12.2. The molecule has 1 fully saturated rings. The Hall–Kier alpha value is -1.81. The molecule has 0 radical (unpaired) electrons. The molecule has 1 aromatic carbocycles. The number of hydrogen-bond donors (Lipinski definition) is 0. The summed E-state index contributed by atoms with van der Waals surface area (Å²) < 4.78 is 11.2. The molecule has 3 aliphatic rings. The first-order chi connectivity index (χ1) is 11.1. The minimum Gasteiger partial charge on any atom is -0.493 e. The number of ketones is 1. The van der Waals surface area contributed by atoms with Crippen LogP contribution in [0.4, 0.5) is 0 Å². The summed E-state index contributed by atoms with van der Waals surface area (Å²) in [5.74, 6) is 1.75. The van der Waals surface area contributed by atoms with E-state index in [9.17, 15) is 4.79 Å². The summed E-state index contributed by atoms with van der Waals surface area (Å²) in [6, 6.07) is 4.59. The Morgan fingerprint density at radius 2 is 2.04 bits per heavy atom. The van der Waals surface area contributed by atoms with Crippen LogP contribution in [0.25, 0.3) is 5.57 Å². The van der Waals surface area contributed by atoms with Crippen molar-refractivity contribution in [2.75, 3.05) is 27.8 Å². The van der Waals surface area contributed by atoms with Gasteiger partial charge in [-0.25, -0.2) is 0 Å². The minimum atomic E-state index is 0.0926. The van der Waals surface area contributed by atoms with E-state index in [1.807, 2.05) is 12.1 Å². The van der Waals surface area contributed by atoms with Crippen LogP contribution < -0.4 is 9.47 Å². The fourth-order valence-electron chi connectivity index (χ4n) is 4.90. The number of hydrogen-bond acceptors (Lipinski definition) is 4. The molecule has 1 heterocycles. The quantitative estimate of drug-likeness (QED) is 0.841. The Labute approximate surface area is 137 Å². The van der Waals surface area contributed by atoms with Gasteiger partial charge in [0.05, 0.1) is 14.2 Å². The van der Waals surface area contributed by atoms with Crippen LogP contribution in [0, 0.1) is 5.41 Å². The number of carbonyl (C=O) groups excluding carboxylic acids is 1. The molecule has 0 N–H and O–H groups in total. The lowest BCUT2D eigenvalue weighted by Crippen LogP contribution is -2.45. The highest BCUT2D eigenvalue weighted by atomic mass is 16.5. The third-order valence-electron chi connectivity index (χ3n) is 6.05. The molecule has 0 aromatic heterocycles. The average molecular weight is 313 g/mol. The predicted molar refractivity (Wildman–Crippen MR) is 88.9 cm³/mol. The Morgan fingerprint density at radius 1 is 1.22 bits per heavy atom. The molecule has 0 bridgehead atoms. The summed E-state index contributed by atoms with van der Waals surface area (Å²) in [6.45, 7) is 1.09. The maximum atomic E-state index is 12.2. The van der Waals surface area contributed by atoms with Crippen LogP contribution in [0.15, 0.2) is 18.2 Å². The van der Waals surface area contributed by atoms with E-state index >= 15 is 0 Å². The van der Waals surface area contributed by atoms with Gasteiger partial charge in [-0.2, -0.15) is 0 Å². The van der Waals surface area contributed by atoms with Crippen molar-refractivity contribution in [3.05, 3.63) is 29.3 Å². The van der Waals surface area contributed by atoms with Crippen LogP contribution in [0.2, 0.25) is 0 Å². The summed E-state index contributed by atoms with van der Waals surface area (Å²) >= 11 is 0. The van der Waals surface area contributed by atoms with E-state index in [1.54, 1.807) is 14.2 Å². The van der Waals surface area contributed by atoms with E-state index in [1.165, 1.54) is 11.1 Å². The van der Waals surface area contributed by atoms with Gasteiger partial charge in [0, 0.05) is 23.4 Å². The zero-order chi connectivity index (χ0) is 16.2. The second-order valence-electron chi connectivity index (χ2n) is 6.97. The molecule has 2 aliphatic carbocycles. The first kappa shape index (κ1) is 14.8. The van der Waals surface area contributed by atoms with E-state index in [0.29, 0.717) is 12.5 Å². The van der Waals surface area contributed by atoms with Crippen molar-refractivity contribution in [2.24, 2.45) is 5.41 Å². The number of carbonyl (C=O) groups is 1. The van der Waals surface area contributed by atoms with Crippen molar-refractivity contribution in [3.63, 3.8) is 0 Å². The molecular weight excluding hydrogens is 290 g/mol. The monoisotopic (exact) mass is 313 g/mol. The summed E-state index contributed by atoms with van der Waals surface area (Å²) in [5, 5.41) is 0. The third kappa shape index (κ3) is 1.91. The fraction of sp³-hybridized carbons (Fsp3) is 0.526. The lowest BCUT2D eigenvalue weighted by atomic mass is 9.60. The highest BCUT2D eigenvalue weighted by Crippen LogP contribution is 2.59. The standard InChI is InChI=1S/C19H23NO3/c1-20-9-8-19-7-6-13(21)11-14(19)17-12(10-16(19)20)4-5-15(22-2)18(17)23-3/h4-5,11,16H,6-10H2,1-3H3/t16-,19+/m1/s1. The van der Waals surface area contributed by atoms with Gasteiger partial charge in [-0.1, -0.05) is 6.07 Å². The predicted octanol–water partition coefficient (Wildman–Crippen LogP) is 2.70. The van der Waals surface area contributed by atoms with Gasteiger partial charge >= 0.3 is 0 Å². The summed E-state index contributed by atoms with van der Waals surface area (Å²) in [7, 11) is 5.55. The molecule has 0 unspecified atom stereocenters. The Bertz CT molecular complexity index is 709. The Kier molecular flexibility index (Phi) is 3.27. The number of likely N-dealkylation sites (tertiary alicyclic amines) is 1. The largest absolute Gasteiger partial charge is 0.493 e. The highest BCUT2D eigenvalue weighted by molar-refractivity contribution is 6.02. The summed E-state index contributed by atoms with van der Waals surface area (Å²) in [5.41, 5.74) is 3.64. The van der Waals surface area contributed by atoms with Crippen LogP contribution in [-0.4, -0.2) is 44.5 Å². The molecule has 1 aromatic rings. The molecule has 1 saturated heterocycles. The van der Waals surface area contributed by atoms with Crippen LogP contribution in [0.5, 0.6) is 11.5 Å². The van der Waals surface area contributed by atoms with Gasteiger partial charge in [-0.05, 0) is 56.1 Å². The maximum Gasteiger partial charge on any atom is 0.168 e. The van der Waals surface area contributed by atoms with Gasteiger partial charge in [0.1, 0.15) is 0 Å². The number of benzene rings is 1. The normalized spacial score (nSPS) is 29.4. The molecule has 1 aliphatic heterocycles. The molecule has 0 amide bonds. The number of allylic oxidation sites excluding steroid dienone is 1. The van der Waals surface area contributed by atoms with E-state index in [0.717, 1.165) is 42.9 Å². The second kappa shape index (κ2) is 5.10. The van der Waals surface area contributed by atoms with E-state index in [4.69, 9.17) is 9.47 Å². The third-order valence-corrected chi connectivity index (χ3v) is 6.05. The van der Waals surface area contributed by atoms with Gasteiger partial charge in [0.2, 0.25) is 0 Å². The lowest BCUT2D eigenvalue weighted by molar-refractivity contribution is -0.115. The number of methoxy groups -OCH3 is 2. The first-order valence-electron chi connectivity index (χ1n) is 8.30. The summed E-state index contributed by atoms with van der Waals surface area (Å²) in [4.78, 5) is 14.6. The molecule has 122 valence electrons. The molecule has 23 heavy (non-hydrogen) atoms. The van der Waals surface area contributed by atoms with Crippen molar-refractivity contribution in [2.45, 2.75) is 31.7 Å². The number of ether oxygens (including phenoxy) is 2. The van der Waals surface area contributed by atoms with Crippen molar-refractivity contribution >= 4 is 11.4 Å². The van der Waals surface area contributed by atoms with Crippen molar-refractivity contribution in [3.8, 4) is 11.5 Å². The summed E-state index contributed by atoms with van der Waals surface area (Å²) in [6.07, 6.45) is 5.63. The first-order valence-corrected chi connectivity index (χ1v) is 8.30. The molecule has 1 spiro atoms. The van der Waals surface area contributed by atoms with Crippen molar-refractivity contribution in [1.82, 2.24) is 4.90 Å². The van der Waals surface area contributed by atoms with Crippen LogP contribution >= 0.6 is 0 Å². The van der Waals surface area contributed by atoms with Crippen molar-refractivity contribution in [1.29, 1.82) is 0 Å². The zero-order valence-corrected chi connectivity index (χ0v) is 14.0. The molecule has 2 atom stereocenters. The Balaban J connectivity index is 1.99. The van der Waals surface area contributed by atoms with Crippen LogP contribution in [0.1, 0.15) is 30.4 Å². The smallest absolute Gasteiger partial charge is 0.168 e. The fourth-order valence-corrected chi connectivity index (χ4v) is 4.90. The average Bonchev–Trinajstić information content (AvgIpc) is 2.89. The van der Waals surface area contributed by atoms with Gasteiger partial charge in [-0.3, -0.25) is 4.79 Å². The Morgan fingerprint density at radius 3 is 2.78 bits per heavy atom. The SMILES string of the molecule is COc1ccc2c(c1OC)C1=CC(=O)CC[C@]13CCN(C)[C@@H]3C2. The van der Waals surface area contributed by atoms with Crippen LogP contribution in [-0.2, 0) is 11.2 Å². The molecule has 4 heteroatoms. The second-order valence-corrected chi connectivity index (χ2v) is 6.97. The van der Waals surface area contributed by atoms with E-state index < -0.39 is 0 Å². The van der Waals surface area contributed by atoms with Crippen molar-refractivity contribution < 1.29 is 14.3 Å². The van der Waals surface area contributed by atoms with E-state index in [-0.39, 0.29) is 11.2 Å². The van der Waals surface area contributed by atoms with E-state index in [2.05, 4.69) is 18.0 Å². The topological polar surface area (TPSA) is 38.8 Å². The van der Waals surface area contributed by atoms with Gasteiger partial charge in [0.25, 0.3) is 0 Å². The van der Waals surface area contributed by atoms with Gasteiger partial charge in [-0.15, -0.1) is 0 Å². The molecular formula is C19H23NO3. The minimum absolute atomic E-state index is 0.0926. The van der Waals surface area contributed by atoms with Gasteiger partial charge < -0.3 is 14.4 Å².